The van der Waals surface area contributed by atoms with E-state index in [1.54, 1.807) is 7.11 Å². The van der Waals surface area contributed by atoms with E-state index < -0.39 is 0 Å². The molecule has 0 aliphatic rings. The van der Waals surface area contributed by atoms with Crippen LogP contribution < -0.4 is 10.6 Å². The molecule has 0 unspecified atom stereocenters. The van der Waals surface area contributed by atoms with E-state index >= 15 is 0 Å². The fraction of sp³-hybridized carbons (Fsp3) is 0.889. The maximum Gasteiger partial charge on any atom is 0.314 e. The number of methoxy groups -OCH3 is 1. The van der Waals surface area contributed by atoms with Gasteiger partial charge >= 0.3 is 6.03 Å². The zero-order valence-electron chi connectivity index (χ0n) is 8.71. The average molecular weight is 204 g/mol. The predicted molar refractivity (Wildman–Crippen MR) is 54.2 cm³/mol. The van der Waals surface area contributed by atoms with E-state index in [-0.39, 0.29) is 12.6 Å². The van der Waals surface area contributed by atoms with Gasteiger partial charge in [-0.1, -0.05) is 0 Å². The first-order chi connectivity index (χ1) is 6.81. The van der Waals surface area contributed by atoms with E-state index in [0.29, 0.717) is 19.7 Å². The van der Waals surface area contributed by atoms with Crippen LogP contribution in [0.25, 0.3) is 0 Å². The summed E-state index contributed by atoms with van der Waals surface area (Å²) in [6.07, 6.45) is 2.64. The third-order valence-corrected chi connectivity index (χ3v) is 1.71. The topological polar surface area (TPSA) is 70.6 Å². The van der Waals surface area contributed by atoms with Crippen LogP contribution in [-0.2, 0) is 4.74 Å². The number of carbonyl (C=O) groups is 1. The minimum Gasteiger partial charge on any atom is -0.396 e. The lowest BCUT2D eigenvalue weighted by Crippen LogP contribution is -2.37. The molecule has 84 valence electrons. The fourth-order valence-corrected chi connectivity index (χ4v) is 0.945. The molecule has 2 amide bonds. The van der Waals surface area contributed by atoms with Gasteiger partial charge in [0.2, 0.25) is 0 Å². The molecule has 0 spiro atoms. The number of ether oxygens (including phenoxy) is 1. The van der Waals surface area contributed by atoms with Crippen molar-refractivity contribution in [1.82, 2.24) is 10.6 Å². The highest BCUT2D eigenvalue weighted by molar-refractivity contribution is 5.73. The van der Waals surface area contributed by atoms with Crippen LogP contribution >= 0.6 is 0 Å². The molecule has 3 N–H and O–H groups in total. The summed E-state index contributed by atoms with van der Waals surface area (Å²) in [4.78, 5) is 11.0. The normalized spacial score (nSPS) is 9.86. The molecule has 5 nitrogen and oxygen atoms in total. The molecule has 0 saturated heterocycles. The van der Waals surface area contributed by atoms with Crippen molar-refractivity contribution in [3.63, 3.8) is 0 Å². The number of urea groups is 1. The zero-order valence-corrected chi connectivity index (χ0v) is 8.71. The summed E-state index contributed by atoms with van der Waals surface area (Å²) in [6, 6.07) is -0.161. The summed E-state index contributed by atoms with van der Waals surface area (Å²) in [5.74, 6) is 0. The summed E-state index contributed by atoms with van der Waals surface area (Å²) < 4.78 is 4.78. The Balaban J connectivity index is 3.10. The summed E-state index contributed by atoms with van der Waals surface area (Å²) in [5.41, 5.74) is 0. The fourth-order valence-electron chi connectivity index (χ4n) is 0.945. The third kappa shape index (κ3) is 9.28. The van der Waals surface area contributed by atoms with Gasteiger partial charge in [-0.2, -0.15) is 0 Å². The van der Waals surface area contributed by atoms with Crippen molar-refractivity contribution in [1.29, 1.82) is 0 Å². The molecule has 0 atom stereocenters. The Labute approximate surface area is 84.8 Å². The van der Waals surface area contributed by atoms with Crippen molar-refractivity contribution in [2.75, 3.05) is 33.4 Å². The minimum absolute atomic E-state index is 0.161. The molecule has 5 heteroatoms. The number of hydrogen-bond acceptors (Lipinski definition) is 3. The van der Waals surface area contributed by atoms with Crippen LogP contribution in [-0.4, -0.2) is 44.6 Å². The van der Waals surface area contributed by atoms with E-state index in [1.165, 1.54) is 0 Å². The standard InChI is InChI=1S/C9H20N2O3/c1-14-8-6-11-9(13)10-5-3-2-4-7-12/h12H,2-8H2,1H3,(H2,10,11,13). The lowest BCUT2D eigenvalue weighted by molar-refractivity contribution is 0.196. The van der Waals surface area contributed by atoms with Crippen molar-refractivity contribution < 1.29 is 14.6 Å². The molecule has 0 rings (SSSR count). The smallest absolute Gasteiger partial charge is 0.314 e. The van der Waals surface area contributed by atoms with Crippen molar-refractivity contribution in [2.24, 2.45) is 0 Å². The first kappa shape index (κ1) is 13.2. The summed E-state index contributed by atoms with van der Waals surface area (Å²) in [7, 11) is 1.59. The van der Waals surface area contributed by atoms with Gasteiger partial charge in [0, 0.05) is 26.8 Å². The maximum absolute atomic E-state index is 11.0. The predicted octanol–water partition coefficient (Wildman–Crippen LogP) is 0.0946. The van der Waals surface area contributed by atoms with Gasteiger partial charge in [-0.15, -0.1) is 0 Å². The molecule has 0 bridgehead atoms. The van der Waals surface area contributed by atoms with Gasteiger partial charge in [-0.25, -0.2) is 4.79 Å². The van der Waals surface area contributed by atoms with Crippen molar-refractivity contribution >= 4 is 6.03 Å². The average Bonchev–Trinajstić information content (AvgIpc) is 2.18. The second-order valence-electron chi connectivity index (χ2n) is 2.96. The maximum atomic E-state index is 11.0. The Morgan fingerprint density at radius 3 is 2.57 bits per heavy atom. The number of unbranched alkanes of at least 4 members (excludes halogenated alkanes) is 2. The highest BCUT2D eigenvalue weighted by Gasteiger charge is 1.97. The van der Waals surface area contributed by atoms with Crippen molar-refractivity contribution in [3.8, 4) is 0 Å². The summed E-state index contributed by atoms with van der Waals surface area (Å²) >= 11 is 0. The van der Waals surface area contributed by atoms with Gasteiger partial charge in [0.25, 0.3) is 0 Å². The Bertz CT molecular complexity index is 142. The van der Waals surface area contributed by atoms with Gasteiger partial charge in [0.05, 0.1) is 6.61 Å². The van der Waals surface area contributed by atoms with Gasteiger partial charge in [0.15, 0.2) is 0 Å². The Hall–Kier alpha value is -0.810. The van der Waals surface area contributed by atoms with E-state index in [4.69, 9.17) is 9.84 Å². The molecular formula is C9H20N2O3. The first-order valence-electron chi connectivity index (χ1n) is 4.92. The van der Waals surface area contributed by atoms with Crippen LogP contribution in [0.15, 0.2) is 0 Å². The molecule has 14 heavy (non-hydrogen) atoms. The van der Waals surface area contributed by atoms with Crippen LogP contribution in [0.4, 0.5) is 4.79 Å². The number of nitrogens with one attached hydrogen (secondary N) is 2. The number of aliphatic hydroxyl groups excluding tert-OH is 1. The molecule has 0 aliphatic carbocycles. The minimum atomic E-state index is -0.161. The highest BCUT2D eigenvalue weighted by atomic mass is 16.5. The SMILES string of the molecule is COCCNC(=O)NCCCCCO. The van der Waals surface area contributed by atoms with Crippen molar-refractivity contribution in [2.45, 2.75) is 19.3 Å². The lowest BCUT2D eigenvalue weighted by atomic mass is 10.2. The van der Waals surface area contributed by atoms with Crippen LogP contribution in [0.1, 0.15) is 19.3 Å². The molecule has 0 aromatic rings. The quantitative estimate of drug-likeness (QED) is 0.491. The highest BCUT2D eigenvalue weighted by Crippen LogP contribution is 1.91. The number of amides is 2. The zero-order chi connectivity index (χ0) is 10.6. The van der Waals surface area contributed by atoms with E-state index in [9.17, 15) is 4.79 Å². The third-order valence-electron chi connectivity index (χ3n) is 1.71. The first-order valence-corrected chi connectivity index (χ1v) is 4.92. The number of hydrogen-bond donors (Lipinski definition) is 3. The van der Waals surface area contributed by atoms with Crippen molar-refractivity contribution in [3.05, 3.63) is 0 Å². The monoisotopic (exact) mass is 204 g/mol. The number of aliphatic hydroxyl groups is 1. The number of rotatable bonds is 8. The molecule has 0 aromatic carbocycles. The van der Waals surface area contributed by atoms with Crippen LogP contribution in [0.2, 0.25) is 0 Å². The second-order valence-corrected chi connectivity index (χ2v) is 2.96. The molecule has 0 saturated carbocycles. The lowest BCUT2D eigenvalue weighted by Gasteiger charge is -2.06. The van der Waals surface area contributed by atoms with Gasteiger partial charge in [-0.05, 0) is 19.3 Å². The summed E-state index contributed by atoms with van der Waals surface area (Å²) in [6.45, 7) is 1.93. The summed E-state index contributed by atoms with van der Waals surface area (Å²) in [5, 5.41) is 13.9. The molecule has 0 radical (unpaired) electrons. The molecule has 0 fully saturated rings. The largest absolute Gasteiger partial charge is 0.396 e. The van der Waals surface area contributed by atoms with Crippen LogP contribution in [0, 0.1) is 0 Å². The van der Waals surface area contributed by atoms with Gasteiger partial charge in [-0.3, -0.25) is 0 Å². The Kier molecular flexibility index (Phi) is 9.68. The molecular weight excluding hydrogens is 184 g/mol. The molecule has 0 heterocycles. The van der Waals surface area contributed by atoms with Crippen LogP contribution in [0.3, 0.4) is 0 Å². The van der Waals surface area contributed by atoms with E-state index in [2.05, 4.69) is 10.6 Å². The van der Waals surface area contributed by atoms with Crippen LogP contribution in [0.5, 0.6) is 0 Å². The second kappa shape index (κ2) is 10.3. The van der Waals surface area contributed by atoms with E-state index in [1.807, 2.05) is 0 Å². The van der Waals surface area contributed by atoms with E-state index in [0.717, 1.165) is 19.3 Å². The van der Waals surface area contributed by atoms with Gasteiger partial charge < -0.3 is 20.5 Å². The Morgan fingerprint density at radius 1 is 1.21 bits per heavy atom. The molecule has 0 aromatic heterocycles. The number of carbonyl (C=O) groups excluding carboxylic acids is 1. The Morgan fingerprint density at radius 2 is 1.93 bits per heavy atom. The van der Waals surface area contributed by atoms with Gasteiger partial charge in [0.1, 0.15) is 0 Å². The molecule has 0 aliphatic heterocycles.